The topological polar surface area (TPSA) is 18.5 Å². The molecule has 1 heterocycles. The van der Waals surface area contributed by atoms with Gasteiger partial charge in [-0.1, -0.05) is 24.7 Å². The molecule has 0 aromatic heterocycles. The monoisotopic (exact) mass is 304 g/mol. The van der Waals surface area contributed by atoms with Gasteiger partial charge in [-0.15, -0.1) is 11.6 Å². The third kappa shape index (κ3) is 3.73. The first-order valence-electron chi connectivity index (χ1n) is 7.75. The molecule has 2 aliphatic rings. The predicted molar refractivity (Wildman–Crippen MR) is 84.8 cm³/mol. The Labute approximate surface area is 131 Å². The van der Waals surface area contributed by atoms with Crippen LogP contribution >= 0.6 is 11.6 Å². The molecule has 1 saturated carbocycles. The Balaban J connectivity index is 1.49. The van der Waals surface area contributed by atoms with E-state index in [4.69, 9.17) is 21.1 Å². The van der Waals surface area contributed by atoms with Crippen molar-refractivity contribution in [3.8, 4) is 17.6 Å². The zero-order valence-corrected chi connectivity index (χ0v) is 13.0. The highest BCUT2D eigenvalue weighted by Crippen LogP contribution is 2.43. The first kappa shape index (κ1) is 14.8. The van der Waals surface area contributed by atoms with Gasteiger partial charge in [0.15, 0.2) is 0 Å². The maximum Gasteiger partial charge on any atom is 0.119 e. The second-order valence-corrected chi connectivity index (χ2v) is 6.21. The molecule has 112 valence electrons. The smallest absolute Gasteiger partial charge is 0.119 e. The fraction of sp³-hybridized carbons (Fsp3) is 0.556. The van der Waals surface area contributed by atoms with Crippen molar-refractivity contribution in [2.24, 2.45) is 0 Å². The van der Waals surface area contributed by atoms with Crippen LogP contribution in [0.4, 0.5) is 0 Å². The standard InChI is InChI=1S/C18H21ClO2/c19-13-3-4-15-5-7-16(8-6-15)20-14-17-9-12-18(21-17)10-1-2-11-18/h5-8,17H,1-2,9-14H2. The lowest BCUT2D eigenvalue weighted by atomic mass is 9.98. The van der Waals surface area contributed by atoms with Crippen LogP contribution in [0.1, 0.15) is 44.1 Å². The van der Waals surface area contributed by atoms with Gasteiger partial charge in [-0.2, -0.15) is 0 Å². The van der Waals surface area contributed by atoms with Crippen LogP contribution in [-0.4, -0.2) is 24.2 Å². The molecule has 1 aromatic carbocycles. The predicted octanol–water partition coefficient (Wildman–Crippen LogP) is 4.15. The van der Waals surface area contributed by atoms with Crippen molar-refractivity contribution < 1.29 is 9.47 Å². The van der Waals surface area contributed by atoms with Gasteiger partial charge in [0.05, 0.1) is 17.6 Å². The minimum absolute atomic E-state index is 0.190. The normalized spacial score (nSPS) is 23.0. The Hall–Kier alpha value is -1.17. The van der Waals surface area contributed by atoms with Gasteiger partial charge in [-0.05, 0) is 49.9 Å². The van der Waals surface area contributed by atoms with Crippen LogP contribution in [0.5, 0.6) is 5.75 Å². The van der Waals surface area contributed by atoms with Crippen molar-refractivity contribution in [1.29, 1.82) is 0 Å². The Morgan fingerprint density at radius 3 is 2.67 bits per heavy atom. The maximum absolute atomic E-state index is 6.25. The van der Waals surface area contributed by atoms with E-state index in [1.54, 1.807) is 0 Å². The molecule has 21 heavy (non-hydrogen) atoms. The summed E-state index contributed by atoms with van der Waals surface area (Å²) < 4.78 is 12.1. The van der Waals surface area contributed by atoms with Crippen molar-refractivity contribution in [3.63, 3.8) is 0 Å². The molecule has 1 unspecified atom stereocenters. The van der Waals surface area contributed by atoms with Gasteiger partial charge in [0.2, 0.25) is 0 Å². The summed E-state index contributed by atoms with van der Waals surface area (Å²) in [4.78, 5) is 0. The van der Waals surface area contributed by atoms with Gasteiger partial charge in [0.1, 0.15) is 12.4 Å². The molecule has 2 fully saturated rings. The van der Waals surface area contributed by atoms with E-state index in [1.165, 1.54) is 32.1 Å². The van der Waals surface area contributed by atoms with Gasteiger partial charge in [0, 0.05) is 5.56 Å². The van der Waals surface area contributed by atoms with Crippen molar-refractivity contribution in [2.45, 2.75) is 50.2 Å². The second kappa shape index (κ2) is 6.73. The number of ether oxygens (including phenoxy) is 2. The summed E-state index contributed by atoms with van der Waals surface area (Å²) in [5.41, 5.74) is 1.15. The van der Waals surface area contributed by atoms with Gasteiger partial charge in [-0.3, -0.25) is 0 Å². The molecule has 0 bridgehead atoms. The van der Waals surface area contributed by atoms with Crippen LogP contribution in [0, 0.1) is 11.8 Å². The fourth-order valence-electron chi connectivity index (χ4n) is 3.36. The Morgan fingerprint density at radius 1 is 1.19 bits per heavy atom. The number of halogens is 1. The molecule has 1 aliphatic carbocycles. The van der Waals surface area contributed by atoms with E-state index in [2.05, 4.69) is 11.8 Å². The second-order valence-electron chi connectivity index (χ2n) is 5.94. The van der Waals surface area contributed by atoms with Gasteiger partial charge in [-0.25, -0.2) is 0 Å². The molecule has 1 spiro atoms. The van der Waals surface area contributed by atoms with Crippen LogP contribution in [0.3, 0.4) is 0 Å². The van der Waals surface area contributed by atoms with Crippen LogP contribution in [0.2, 0.25) is 0 Å². The van der Waals surface area contributed by atoms with E-state index in [-0.39, 0.29) is 11.7 Å². The Bertz CT molecular complexity index is 520. The molecule has 1 aromatic rings. The number of hydrogen-bond donors (Lipinski definition) is 0. The lowest BCUT2D eigenvalue weighted by Gasteiger charge is -2.23. The highest BCUT2D eigenvalue weighted by molar-refractivity contribution is 6.19. The molecule has 1 atom stereocenters. The van der Waals surface area contributed by atoms with Crippen molar-refractivity contribution >= 4 is 11.6 Å². The molecule has 3 heteroatoms. The highest BCUT2D eigenvalue weighted by atomic mass is 35.5. The van der Waals surface area contributed by atoms with E-state index in [1.807, 2.05) is 24.3 Å². The fourth-order valence-corrected chi connectivity index (χ4v) is 3.43. The third-order valence-electron chi connectivity index (χ3n) is 4.44. The molecule has 3 rings (SSSR count). The van der Waals surface area contributed by atoms with Crippen LogP contribution in [-0.2, 0) is 4.74 Å². The molecular formula is C18H21ClO2. The molecule has 1 aliphatic heterocycles. The van der Waals surface area contributed by atoms with E-state index < -0.39 is 0 Å². The minimum Gasteiger partial charge on any atom is -0.491 e. The van der Waals surface area contributed by atoms with E-state index >= 15 is 0 Å². The quantitative estimate of drug-likeness (QED) is 0.617. The summed E-state index contributed by atoms with van der Waals surface area (Å²) >= 11 is 5.54. The summed E-state index contributed by atoms with van der Waals surface area (Å²) in [6.07, 6.45) is 7.68. The summed E-state index contributed by atoms with van der Waals surface area (Å²) in [6.45, 7) is 0.647. The lowest BCUT2D eigenvalue weighted by molar-refractivity contribution is -0.0508. The molecule has 2 nitrogen and oxygen atoms in total. The van der Waals surface area contributed by atoms with Gasteiger partial charge in [0.25, 0.3) is 0 Å². The maximum atomic E-state index is 6.25. The summed E-state index contributed by atoms with van der Waals surface area (Å²) in [5.74, 6) is 7.07. The number of hydrogen-bond acceptors (Lipinski definition) is 2. The molecule has 0 N–H and O–H groups in total. The SMILES string of the molecule is ClCC#Cc1ccc(OCC2CCC3(CCCC3)O2)cc1. The van der Waals surface area contributed by atoms with Crippen molar-refractivity contribution in [2.75, 3.05) is 12.5 Å². The first-order chi connectivity index (χ1) is 10.3. The molecule has 1 saturated heterocycles. The molecule has 0 amide bonds. The summed E-state index contributed by atoms with van der Waals surface area (Å²) in [7, 11) is 0. The largest absolute Gasteiger partial charge is 0.491 e. The van der Waals surface area contributed by atoms with Crippen molar-refractivity contribution in [1.82, 2.24) is 0 Å². The molecular weight excluding hydrogens is 284 g/mol. The minimum atomic E-state index is 0.190. The van der Waals surface area contributed by atoms with E-state index in [9.17, 15) is 0 Å². The Kier molecular flexibility index (Phi) is 4.73. The number of benzene rings is 1. The summed E-state index contributed by atoms with van der Waals surface area (Å²) in [5, 5.41) is 0. The average molecular weight is 305 g/mol. The van der Waals surface area contributed by atoms with Gasteiger partial charge < -0.3 is 9.47 Å². The Morgan fingerprint density at radius 2 is 1.95 bits per heavy atom. The van der Waals surface area contributed by atoms with E-state index in [0.29, 0.717) is 12.5 Å². The lowest BCUT2D eigenvalue weighted by Crippen LogP contribution is -2.27. The molecule has 0 radical (unpaired) electrons. The highest BCUT2D eigenvalue weighted by Gasteiger charge is 2.42. The summed E-state index contributed by atoms with van der Waals surface area (Å²) in [6, 6.07) is 7.84. The van der Waals surface area contributed by atoms with E-state index in [0.717, 1.165) is 17.7 Å². The third-order valence-corrected chi connectivity index (χ3v) is 4.58. The van der Waals surface area contributed by atoms with Crippen LogP contribution in [0.15, 0.2) is 24.3 Å². The number of rotatable bonds is 3. The van der Waals surface area contributed by atoms with Crippen molar-refractivity contribution in [3.05, 3.63) is 29.8 Å². The number of alkyl halides is 1. The van der Waals surface area contributed by atoms with Crippen LogP contribution in [0.25, 0.3) is 0 Å². The zero-order valence-electron chi connectivity index (χ0n) is 12.2. The zero-order chi connectivity index (χ0) is 14.5. The van der Waals surface area contributed by atoms with Crippen LogP contribution < -0.4 is 4.74 Å². The van der Waals surface area contributed by atoms with Gasteiger partial charge >= 0.3 is 0 Å². The first-order valence-corrected chi connectivity index (χ1v) is 8.29. The average Bonchev–Trinajstić information content (AvgIpc) is 3.14.